The van der Waals surface area contributed by atoms with Crippen LogP contribution < -0.4 is 0 Å². The van der Waals surface area contributed by atoms with Gasteiger partial charge in [0.25, 0.3) is 0 Å². The smallest absolute Gasteiger partial charge is 0.269 e. The van der Waals surface area contributed by atoms with Crippen LogP contribution in [0.1, 0.15) is 50.8 Å². The van der Waals surface area contributed by atoms with E-state index in [0.717, 1.165) is 31.7 Å². The molecule has 0 spiro atoms. The molecule has 0 radical (unpaired) electrons. The molecule has 2 unspecified atom stereocenters. The predicted molar refractivity (Wildman–Crippen MR) is 58.5 cm³/mol. The van der Waals surface area contributed by atoms with Gasteiger partial charge in [-0.2, -0.15) is 18.3 Å². The van der Waals surface area contributed by atoms with Crippen molar-refractivity contribution in [3.05, 3.63) is 18.0 Å². The third kappa shape index (κ3) is 2.82. The van der Waals surface area contributed by atoms with Gasteiger partial charge in [-0.25, -0.2) is 0 Å². The Bertz CT molecular complexity index is 370. The van der Waals surface area contributed by atoms with Crippen LogP contribution in [0, 0.1) is 5.92 Å². The fraction of sp³-hybridized carbons (Fsp3) is 0.750. The molecule has 2 rings (SSSR count). The Morgan fingerprint density at radius 2 is 2.18 bits per heavy atom. The zero-order valence-electron chi connectivity index (χ0n) is 9.87. The second kappa shape index (κ2) is 4.70. The number of hydrogen-bond donors (Lipinski definition) is 0. The van der Waals surface area contributed by atoms with E-state index in [-0.39, 0.29) is 6.04 Å². The van der Waals surface area contributed by atoms with Crippen molar-refractivity contribution in [3.63, 3.8) is 0 Å². The lowest BCUT2D eigenvalue weighted by Crippen LogP contribution is -2.20. The van der Waals surface area contributed by atoms with E-state index < -0.39 is 11.9 Å². The highest BCUT2D eigenvalue weighted by molar-refractivity contribution is 5.04. The molecule has 2 atom stereocenters. The zero-order valence-corrected chi connectivity index (χ0v) is 9.87. The van der Waals surface area contributed by atoms with Crippen molar-refractivity contribution >= 4 is 0 Å². The number of aromatic nitrogens is 2. The van der Waals surface area contributed by atoms with Gasteiger partial charge in [0.2, 0.25) is 0 Å². The second-order valence-corrected chi connectivity index (χ2v) is 4.77. The molecule has 96 valence electrons. The van der Waals surface area contributed by atoms with Crippen molar-refractivity contribution in [2.75, 3.05) is 0 Å². The van der Waals surface area contributed by atoms with Gasteiger partial charge in [0.15, 0.2) is 5.69 Å². The molecule has 0 aromatic carbocycles. The number of hydrogen-bond acceptors (Lipinski definition) is 1. The van der Waals surface area contributed by atoms with Crippen LogP contribution in [0.25, 0.3) is 0 Å². The van der Waals surface area contributed by atoms with Crippen LogP contribution in [0.4, 0.5) is 13.2 Å². The lowest BCUT2D eigenvalue weighted by molar-refractivity contribution is -0.141. The Morgan fingerprint density at radius 3 is 2.76 bits per heavy atom. The summed E-state index contributed by atoms with van der Waals surface area (Å²) in [4.78, 5) is 0. The normalized spacial score (nSPS) is 26.1. The molecule has 2 nitrogen and oxygen atoms in total. The van der Waals surface area contributed by atoms with E-state index in [1.807, 2.05) is 0 Å². The van der Waals surface area contributed by atoms with E-state index in [9.17, 15) is 13.2 Å². The lowest BCUT2D eigenvalue weighted by atomic mass is 9.84. The van der Waals surface area contributed by atoms with Crippen LogP contribution in [0.15, 0.2) is 12.3 Å². The molecule has 17 heavy (non-hydrogen) atoms. The van der Waals surface area contributed by atoms with Crippen LogP contribution in [0.5, 0.6) is 0 Å². The number of nitrogens with zero attached hydrogens (tertiary/aromatic N) is 2. The van der Waals surface area contributed by atoms with E-state index in [1.54, 1.807) is 0 Å². The molecule has 5 heteroatoms. The summed E-state index contributed by atoms with van der Waals surface area (Å²) in [6, 6.07) is 1.21. The maximum atomic E-state index is 12.4. The summed E-state index contributed by atoms with van der Waals surface area (Å²) in [5.74, 6) is 0.632. The van der Waals surface area contributed by atoms with Crippen LogP contribution in [0.3, 0.4) is 0 Å². The Hall–Kier alpha value is -1.00. The topological polar surface area (TPSA) is 17.8 Å². The summed E-state index contributed by atoms with van der Waals surface area (Å²) in [5, 5.41) is 3.67. The molecule has 1 heterocycles. The van der Waals surface area contributed by atoms with Crippen molar-refractivity contribution in [3.8, 4) is 0 Å². The number of rotatable bonds is 2. The molecule has 1 aliphatic carbocycles. The first-order chi connectivity index (χ1) is 8.00. The Kier molecular flexibility index (Phi) is 3.45. The van der Waals surface area contributed by atoms with E-state index in [0.29, 0.717) is 5.92 Å². The average molecular weight is 246 g/mol. The molecule has 1 aromatic rings. The molecular formula is C12H17F3N2. The highest BCUT2D eigenvalue weighted by atomic mass is 19.4. The van der Waals surface area contributed by atoms with Gasteiger partial charge >= 0.3 is 6.18 Å². The summed E-state index contributed by atoms with van der Waals surface area (Å²) in [5.41, 5.74) is -0.781. The Morgan fingerprint density at radius 1 is 1.41 bits per heavy atom. The number of halogens is 3. The van der Waals surface area contributed by atoms with Crippen molar-refractivity contribution in [1.82, 2.24) is 9.78 Å². The molecule has 0 amide bonds. The zero-order chi connectivity index (χ0) is 12.5. The van der Waals surface area contributed by atoms with Crippen LogP contribution in [-0.2, 0) is 6.18 Å². The van der Waals surface area contributed by atoms with Gasteiger partial charge in [-0.05, 0) is 24.8 Å². The molecule has 0 aliphatic heterocycles. The van der Waals surface area contributed by atoms with E-state index in [2.05, 4.69) is 12.0 Å². The van der Waals surface area contributed by atoms with Crippen LogP contribution in [0.2, 0.25) is 0 Å². The summed E-state index contributed by atoms with van der Waals surface area (Å²) in [7, 11) is 0. The van der Waals surface area contributed by atoms with E-state index >= 15 is 0 Å². The second-order valence-electron chi connectivity index (χ2n) is 4.77. The van der Waals surface area contributed by atoms with Gasteiger partial charge in [0.1, 0.15) is 0 Å². The van der Waals surface area contributed by atoms with Gasteiger partial charge in [0, 0.05) is 6.20 Å². The quantitative estimate of drug-likeness (QED) is 0.770. The Balaban J connectivity index is 2.09. The highest BCUT2D eigenvalue weighted by Crippen LogP contribution is 2.35. The lowest BCUT2D eigenvalue weighted by Gasteiger charge is -2.28. The molecule has 0 N–H and O–H groups in total. The fourth-order valence-corrected chi connectivity index (χ4v) is 2.57. The summed E-state index contributed by atoms with van der Waals surface area (Å²) in [6.45, 7) is 2.14. The van der Waals surface area contributed by atoms with Crippen molar-refractivity contribution in [2.24, 2.45) is 5.92 Å². The predicted octanol–water partition coefficient (Wildman–Crippen LogP) is 4.04. The minimum atomic E-state index is -4.33. The first-order valence-corrected chi connectivity index (χ1v) is 6.13. The summed E-state index contributed by atoms with van der Waals surface area (Å²) >= 11 is 0. The van der Waals surface area contributed by atoms with Gasteiger partial charge in [-0.15, -0.1) is 0 Å². The van der Waals surface area contributed by atoms with Gasteiger partial charge in [-0.3, -0.25) is 4.68 Å². The maximum absolute atomic E-state index is 12.4. The first kappa shape index (κ1) is 12.5. The monoisotopic (exact) mass is 246 g/mol. The van der Waals surface area contributed by atoms with Gasteiger partial charge in [0.05, 0.1) is 6.04 Å². The molecule has 1 aromatic heterocycles. The van der Waals surface area contributed by atoms with Crippen molar-refractivity contribution < 1.29 is 13.2 Å². The standard InChI is InChI=1S/C12H17F3N2/c1-2-9-4-3-5-10(8-9)17-7-6-11(16-17)12(13,14)15/h6-7,9-10H,2-5,8H2,1H3. The van der Waals surface area contributed by atoms with Gasteiger partial charge < -0.3 is 0 Å². The average Bonchev–Trinajstić information content (AvgIpc) is 2.78. The number of alkyl halides is 3. The Labute approximate surface area is 98.8 Å². The molecule has 1 saturated carbocycles. The molecule has 1 aliphatic rings. The summed E-state index contributed by atoms with van der Waals surface area (Å²) < 4.78 is 38.8. The molecule has 0 saturated heterocycles. The van der Waals surface area contributed by atoms with Crippen LogP contribution in [-0.4, -0.2) is 9.78 Å². The minimum absolute atomic E-state index is 0.143. The molecule has 0 bridgehead atoms. The maximum Gasteiger partial charge on any atom is 0.435 e. The minimum Gasteiger partial charge on any atom is -0.269 e. The van der Waals surface area contributed by atoms with Crippen LogP contribution >= 0.6 is 0 Å². The third-order valence-electron chi connectivity index (χ3n) is 3.61. The molecular weight excluding hydrogens is 229 g/mol. The highest BCUT2D eigenvalue weighted by Gasteiger charge is 2.34. The van der Waals surface area contributed by atoms with Gasteiger partial charge in [-0.1, -0.05) is 26.2 Å². The van der Waals surface area contributed by atoms with Crippen molar-refractivity contribution in [1.29, 1.82) is 0 Å². The third-order valence-corrected chi connectivity index (χ3v) is 3.61. The van der Waals surface area contributed by atoms with Crippen molar-refractivity contribution in [2.45, 2.75) is 51.2 Å². The fourth-order valence-electron chi connectivity index (χ4n) is 2.57. The summed E-state index contributed by atoms with van der Waals surface area (Å²) in [6.07, 6.45) is 2.41. The SMILES string of the molecule is CCC1CCCC(n2ccc(C(F)(F)F)n2)C1. The van der Waals surface area contributed by atoms with E-state index in [4.69, 9.17) is 0 Å². The largest absolute Gasteiger partial charge is 0.435 e. The van der Waals surface area contributed by atoms with E-state index in [1.165, 1.54) is 17.3 Å². The molecule has 1 fully saturated rings. The first-order valence-electron chi connectivity index (χ1n) is 6.13.